The molecule has 0 aromatic heterocycles. The second-order valence-electron chi connectivity index (χ2n) is 4.01. The molecule has 0 saturated carbocycles. The van der Waals surface area contributed by atoms with Gasteiger partial charge in [-0.2, -0.15) is 0 Å². The van der Waals surface area contributed by atoms with Crippen LogP contribution < -0.4 is 10.6 Å². The molecule has 3 N–H and O–H groups in total. The number of rotatable bonds is 4. The van der Waals surface area contributed by atoms with Crippen molar-refractivity contribution in [1.82, 2.24) is 5.32 Å². The van der Waals surface area contributed by atoms with Crippen LogP contribution in [0.3, 0.4) is 0 Å². The summed E-state index contributed by atoms with van der Waals surface area (Å²) < 4.78 is 0. The number of anilines is 1. The lowest BCUT2D eigenvalue weighted by atomic mass is 10.2. The van der Waals surface area contributed by atoms with Crippen molar-refractivity contribution in [2.24, 2.45) is 0 Å². The standard InChI is InChI=1S/C12H13ClN2O3S/c13-7-1-2-9-8(5-7)15-12(18)10(19-9)6-11(17)14-3-4-16/h1-2,5,10,16H,3-4,6H2,(H,14,17)(H,15,18). The Hall–Kier alpha value is -1.24. The summed E-state index contributed by atoms with van der Waals surface area (Å²) in [6.07, 6.45) is 0.0819. The summed E-state index contributed by atoms with van der Waals surface area (Å²) in [5.74, 6) is -0.460. The highest BCUT2D eigenvalue weighted by atomic mass is 35.5. The third kappa shape index (κ3) is 3.62. The van der Waals surface area contributed by atoms with Crippen LogP contribution in [0.4, 0.5) is 5.69 Å². The van der Waals surface area contributed by atoms with Crippen LogP contribution in [0.15, 0.2) is 23.1 Å². The first-order valence-electron chi connectivity index (χ1n) is 5.75. The number of nitrogens with one attached hydrogen (secondary N) is 2. The smallest absolute Gasteiger partial charge is 0.238 e. The van der Waals surface area contributed by atoms with Gasteiger partial charge in [0.1, 0.15) is 0 Å². The predicted molar refractivity (Wildman–Crippen MR) is 74.4 cm³/mol. The van der Waals surface area contributed by atoms with E-state index in [4.69, 9.17) is 16.7 Å². The van der Waals surface area contributed by atoms with Gasteiger partial charge in [0.25, 0.3) is 0 Å². The van der Waals surface area contributed by atoms with E-state index in [0.717, 1.165) is 4.90 Å². The van der Waals surface area contributed by atoms with Crippen LogP contribution in [0.1, 0.15) is 6.42 Å². The normalized spacial score (nSPS) is 17.6. The Balaban J connectivity index is 2.03. The van der Waals surface area contributed by atoms with E-state index in [1.165, 1.54) is 11.8 Å². The van der Waals surface area contributed by atoms with E-state index in [1.54, 1.807) is 12.1 Å². The van der Waals surface area contributed by atoms with E-state index >= 15 is 0 Å². The zero-order chi connectivity index (χ0) is 13.8. The maximum atomic E-state index is 11.9. The molecule has 1 atom stereocenters. The lowest BCUT2D eigenvalue weighted by Gasteiger charge is -2.23. The van der Waals surface area contributed by atoms with Gasteiger partial charge in [-0.05, 0) is 18.2 Å². The highest BCUT2D eigenvalue weighted by molar-refractivity contribution is 8.01. The average Bonchev–Trinajstić information content (AvgIpc) is 2.37. The maximum absolute atomic E-state index is 11.9. The van der Waals surface area contributed by atoms with Crippen molar-refractivity contribution in [2.45, 2.75) is 16.6 Å². The van der Waals surface area contributed by atoms with Gasteiger partial charge in [0.05, 0.1) is 17.5 Å². The summed E-state index contributed by atoms with van der Waals surface area (Å²) in [5, 5.41) is 14.0. The molecule has 102 valence electrons. The maximum Gasteiger partial charge on any atom is 0.238 e. The largest absolute Gasteiger partial charge is 0.395 e. The van der Waals surface area contributed by atoms with Crippen molar-refractivity contribution in [3.63, 3.8) is 0 Å². The van der Waals surface area contributed by atoms with Crippen LogP contribution in [0, 0.1) is 0 Å². The lowest BCUT2D eigenvalue weighted by molar-refractivity contribution is -0.124. The second kappa shape index (κ2) is 6.27. The van der Waals surface area contributed by atoms with E-state index in [9.17, 15) is 9.59 Å². The molecule has 1 heterocycles. The van der Waals surface area contributed by atoms with Gasteiger partial charge in [-0.1, -0.05) is 11.6 Å². The number of aliphatic hydroxyl groups is 1. The SMILES string of the molecule is O=C(CC1Sc2ccc(Cl)cc2NC1=O)NCCO. The van der Waals surface area contributed by atoms with Gasteiger partial charge in [-0.25, -0.2) is 0 Å². The van der Waals surface area contributed by atoms with E-state index < -0.39 is 5.25 Å². The molecule has 0 radical (unpaired) electrons. The number of aliphatic hydroxyl groups excluding tert-OH is 1. The number of hydrogen-bond donors (Lipinski definition) is 3. The molecule has 0 spiro atoms. The van der Waals surface area contributed by atoms with Crippen LogP contribution in [0.2, 0.25) is 5.02 Å². The minimum Gasteiger partial charge on any atom is -0.395 e. The lowest BCUT2D eigenvalue weighted by Crippen LogP contribution is -2.35. The molecule has 2 rings (SSSR count). The third-order valence-corrected chi connectivity index (χ3v) is 4.08. The number of fused-ring (bicyclic) bond motifs is 1. The van der Waals surface area contributed by atoms with Crippen LogP contribution in [-0.4, -0.2) is 35.3 Å². The average molecular weight is 301 g/mol. The van der Waals surface area contributed by atoms with Crippen molar-refractivity contribution >= 4 is 40.9 Å². The van der Waals surface area contributed by atoms with Gasteiger partial charge < -0.3 is 15.7 Å². The first-order chi connectivity index (χ1) is 9.10. The fraction of sp³-hybridized carbons (Fsp3) is 0.333. The molecule has 1 aliphatic rings. The van der Waals surface area contributed by atoms with Gasteiger partial charge in [0.2, 0.25) is 11.8 Å². The summed E-state index contributed by atoms with van der Waals surface area (Å²) >= 11 is 7.20. The van der Waals surface area contributed by atoms with Crippen molar-refractivity contribution in [1.29, 1.82) is 0 Å². The molecule has 0 bridgehead atoms. The highest BCUT2D eigenvalue weighted by Crippen LogP contribution is 2.38. The number of carbonyl (C=O) groups is 2. The van der Waals surface area contributed by atoms with Crippen molar-refractivity contribution in [3.05, 3.63) is 23.2 Å². The van der Waals surface area contributed by atoms with Gasteiger partial charge in [0.15, 0.2) is 0 Å². The van der Waals surface area contributed by atoms with Gasteiger partial charge in [0, 0.05) is 22.9 Å². The van der Waals surface area contributed by atoms with E-state index in [1.807, 2.05) is 6.07 Å². The van der Waals surface area contributed by atoms with Gasteiger partial charge in [-0.3, -0.25) is 9.59 Å². The molecular formula is C12H13ClN2O3S. The number of halogens is 1. The number of amides is 2. The monoisotopic (exact) mass is 300 g/mol. The molecule has 0 fully saturated rings. The predicted octanol–water partition coefficient (Wildman–Crippen LogP) is 1.25. The molecule has 0 saturated heterocycles. The molecule has 0 aliphatic carbocycles. The molecule has 2 amide bonds. The number of hydrogen-bond acceptors (Lipinski definition) is 4. The summed E-state index contributed by atoms with van der Waals surface area (Å²) in [6.45, 7) is 0.0844. The Morgan fingerprint density at radius 3 is 3.05 bits per heavy atom. The number of benzene rings is 1. The molecule has 7 heteroatoms. The summed E-state index contributed by atoms with van der Waals surface area (Å²) in [7, 11) is 0. The molecule has 1 aromatic carbocycles. The minimum atomic E-state index is -0.465. The minimum absolute atomic E-state index is 0.0819. The fourth-order valence-corrected chi connectivity index (χ4v) is 2.96. The Bertz CT molecular complexity index is 510. The van der Waals surface area contributed by atoms with Gasteiger partial charge >= 0.3 is 0 Å². The van der Waals surface area contributed by atoms with Gasteiger partial charge in [-0.15, -0.1) is 11.8 Å². The first-order valence-corrected chi connectivity index (χ1v) is 7.00. The Kier molecular flexibility index (Phi) is 4.68. The summed E-state index contributed by atoms with van der Waals surface area (Å²) in [5.41, 5.74) is 0.675. The van der Waals surface area contributed by atoms with Crippen molar-refractivity contribution < 1.29 is 14.7 Å². The van der Waals surface area contributed by atoms with Crippen molar-refractivity contribution in [3.8, 4) is 0 Å². The zero-order valence-electron chi connectivity index (χ0n) is 9.98. The highest BCUT2D eigenvalue weighted by Gasteiger charge is 2.28. The van der Waals surface area contributed by atoms with Crippen LogP contribution in [-0.2, 0) is 9.59 Å². The van der Waals surface area contributed by atoms with E-state index in [2.05, 4.69) is 10.6 Å². The zero-order valence-corrected chi connectivity index (χ0v) is 11.6. The van der Waals surface area contributed by atoms with Crippen LogP contribution in [0.5, 0.6) is 0 Å². The Morgan fingerprint density at radius 2 is 2.32 bits per heavy atom. The number of carbonyl (C=O) groups excluding carboxylic acids is 2. The van der Waals surface area contributed by atoms with Crippen LogP contribution >= 0.6 is 23.4 Å². The molecule has 19 heavy (non-hydrogen) atoms. The quantitative estimate of drug-likeness (QED) is 0.782. The molecule has 1 unspecified atom stereocenters. The Labute approximate surface area is 119 Å². The molecule has 1 aromatic rings. The van der Waals surface area contributed by atoms with E-state index in [-0.39, 0.29) is 31.4 Å². The molecule has 5 nitrogen and oxygen atoms in total. The third-order valence-electron chi connectivity index (χ3n) is 2.57. The van der Waals surface area contributed by atoms with Crippen LogP contribution in [0.25, 0.3) is 0 Å². The summed E-state index contributed by atoms with van der Waals surface area (Å²) in [4.78, 5) is 24.3. The molecular weight excluding hydrogens is 288 g/mol. The van der Waals surface area contributed by atoms with E-state index in [0.29, 0.717) is 10.7 Å². The number of thioether (sulfide) groups is 1. The topological polar surface area (TPSA) is 78.4 Å². The second-order valence-corrected chi connectivity index (χ2v) is 5.69. The first kappa shape index (κ1) is 14.2. The summed E-state index contributed by atoms with van der Waals surface area (Å²) in [6, 6.07) is 5.25. The molecule has 1 aliphatic heterocycles. The fourth-order valence-electron chi connectivity index (χ4n) is 1.69. The Morgan fingerprint density at radius 1 is 1.53 bits per heavy atom. The van der Waals surface area contributed by atoms with Crippen molar-refractivity contribution in [2.75, 3.05) is 18.5 Å².